The van der Waals surface area contributed by atoms with Crippen molar-refractivity contribution >= 4 is 17.2 Å². The standard InChI is InChI=1S/C10H14N2O2S/c13-10(9-7-11-3-4-14-9)12-6-8-2-1-5-15-8/h1-2,5,9,11H,3-4,6-7H2,(H,12,13). The first-order chi connectivity index (χ1) is 7.36. The van der Waals surface area contributed by atoms with Gasteiger partial charge in [0.25, 0.3) is 5.91 Å². The van der Waals surface area contributed by atoms with E-state index in [1.807, 2.05) is 17.5 Å². The van der Waals surface area contributed by atoms with Crippen molar-refractivity contribution in [2.75, 3.05) is 19.7 Å². The second-order valence-electron chi connectivity index (χ2n) is 3.36. The van der Waals surface area contributed by atoms with Crippen molar-refractivity contribution in [3.05, 3.63) is 22.4 Å². The van der Waals surface area contributed by atoms with E-state index in [-0.39, 0.29) is 12.0 Å². The summed E-state index contributed by atoms with van der Waals surface area (Å²) in [4.78, 5) is 12.8. The Morgan fingerprint density at radius 3 is 3.33 bits per heavy atom. The van der Waals surface area contributed by atoms with Gasteiger partial charge in [-0.1, -0.05) is 6.07 Å². The van der Waals surface area contributed by atoms with Gasteiger partial charge in [0.1, 0.15) is 6.10 Å². The Morgan fingerprint density at radius 2 is 2.67 bits per heavy atom. The van der Waals surface area contributed by atoms with Crippen LogP contribution in [-0.2, 0) is 16.1 Å². The first-order valence-electron chi connectivity index (χ1n) is 4.98. The van der Waals surface area contributed by atoms with Gasteiger partial charge in [0.2, 0.25) is 0 Å². The van der Waals surface area contributed by atoms with Crippen LogP contribution in [0.15, 0.2) is 17.5 Å². The van der Waals surface area contributed by atoms with E-state index in [1.165, 1.54) is 0 Å². The summed E-state index contributed by atoms with van der Waals surface area (Å²) in [5.74, 6) is -0.0319. The molecule has 1 aliphatic heterocycles. The van der Waals surface area contributed by atoms with Crippen LogP contribution in [0, 0.1) is 0 Å². The van der Waals surface area contributed by atoms with Crippen LogP contribution in [0.5, 0.6) is 0 Å². The van der Waals surface area contributed by atoms with E-state index in [9.17, 15) is 4.79 Å². The lowest BCUT2D eigenvalue weighted by atomic mass is 10.3. The van der Waals surface area contributed by atoms with Crippen LogP contribution in [-0.4, -0.2) is 31.7 Å². The summed E-state index contributed by atoms with van der Waals surface area (Å²) >= 11 is 1.64. The largest absolute Gasteiger partial charge is 0.366 e. The second-order valence-corrected chi connectivity index (χ2v) is 4.39. The van der Waals surface area contributed by atoms with E-state index >= 15 is 0 Å². The number of ether oxygens (including phenoxy) is 1. The number of nitrogens with one attached hydrogen (secondary N) is 2. The number of hydrogen-bond acceptors (Lipinski definition) is 4. The number of thiophene rings is 1. The third-order valence-corrected chi connectivity index (χ3v) is 3.11. The molecule has 0 spiro atoms. The monoisotopic (exact) mass is 226 g/mol. The van der Waals surface area contributed by atoms with Crippen LogP contribution in [0.2, 0.25) is 0 Å². The van der Waals surface area contributed by atoms with Gasteiger partial charge >= 0.3 is 0 Å². The number of hydrogen-bond donors (Lipinski definition) is 2. The van der Waals surface area contributed by atoms with E-state index in [4.69, 9.17) is 4.74 Å². The molecule has 4 nitrogen and oxygen atoms in total. The molecule has 1 aromatic heterocycles. The summed E-state index contributed by atoms with van der Waals surface area (Å²) in [6.07, 6.45) is -0.335. The van der Waals surface area contributed by atoms with Gasteiger partial charge in [-0.15, -0.1) is 11.3 Å². The smallest absolute Gasteiger partial charge is 0.250 e. The Morgan fingerprint density at radius 1 is 1.73 bits per heavy atom. The molecule has 15 heavy (non-hydrogen) atoms. The summed E-state index contributed by atoms with van der Waals surface area (Å²) in [5, 5.41) is 7.99. The average molecular weight is 226 g/mol. The van der Waals surface area contributed by atoms with E-state index in [0.29, 0.717) is 19.7 Å². The molecule has 5 heteroatoms. The van der Waals surface area contributed by atoms with Crippen molar-refractivity contribution in [3.8, 4) is 0 Å². The predicted molar refractivity (Wildman–Crippen MR) is 58.8 cm³/mol. The average Bonchev–Trinajstić information content (AvgIpc) is 2.80. The van der Waals surface area contributed by atoms with E-state index < -0.39 is 0 Å². The van der Waals surface area contributed by atoms with Gasteiger partial charge in [0.05, 0.1) is 13.2 Å². The summed E-state index contributed by atoms with van der Waals surface area (Å²) in [6, 6.07) is 3.98. The molecule has 1 unspecified atom stereocenters. The van der Waals surface area contributed by atoms with Crippen LogP contribution in [0.25, 0.3) is 0 Å². The molecule has 1 amide bonds. The van der Waals surface area contributed by atoms with Crippen LogP contribution in [0.1, 0.15) is 4.88 Å². The van der Waals surface area contributed by atoms with Gasteiger partial charge in [-0.05, 0) is 11.4 Å². The molecular weight excluding hydrogens is 212 g/mol. The number of morpholine rings is 1. The van der Waals surface area contributed by atoms with Gasteiger partial charge in [0, 0.05) is 18.0 Å². The number of carbonyl (C=O) groups is 1. The van der Waals surface area contributed by atoms with Crippen molar-refractivity contribution in [2.45, 2.75) is 12.6 Å². The Hall–Kier alpha value is -0.910. The minimum atomic E-state index is -0.335. The fraction of sp³-hybridized carbons (Fsp3) is 0.500. The summed E-state index contributed by atoms with van der Waals surface area (Å²) in [6.45, 7) is 2.64. The molecule has 0 radical (unpaired) electrons. The molecule has 82 valence electrons. The van der Waals surface area contributed by atoms with Crippen molar-refractivity contribution in [2.24, 2.45) is 0 Å². The Bertz CT molecular complexity index is 307. The molecule has 0 bridgehead atoms. The summed E-state index contributed by atoms with van der Waals surface area (Å²) in [7, 11) is 0. The van der Waals surface area contributed by atoms with E-state index in [2.05, 4.69) is 10.6 Å². The number of carbonyl (C=O) groups excluding carboxylic acids is 1. The predicted octanol–water partition coefficient (Wildman–Crippen LogP) is 0.353. The molecule has 1 saturated heterocycles. The van der Waals surface area contributed by atoms with E-state index in [1.54, 1.807) is 11.3 Å². The van der Waals surface area contributed by atoms with Gasteiger partial charge in [-0.2, -0.15) is 0 Å². The maximum atomic E-state index is 11.6. The maximum Gasteiger partial charge on any atom is 0.250 e. The van der Waals surface area contributed by atoms with E-state index in [0.717, 1.165) is 11.4 Å². The van der Waals surface area contributed by atoms with Crippen LogP contribution >= 0.6 is 11.3 Å². The minimum Gasteiger partial charge on any atom is -0.366 e. The summed E-state index contributed by atoms with van der Waals surface area (Å²) < 4.78 is 5.34. The Kier molecular flexibility index (Phi) is 3.71. The highest BCUT2D eigenvalue weighted by atomic mass is 32.1. The highest BCUT2D eigenvalue weighted by Crippen LogP contribution is 2.07. The SMILES string of the molecule is O=C(NCc1cccs1)C1CNCCO1. The third-order valence-electron chi connectivity index (χ3n) is 2.24. The quantitative estimate of drug-likeness (QED) is 0.782. The maximum absolute atomic E-state index is 11.6. The summed E-state index contributed by atoms with van der Waals surface area (Å²) in [5.41, 5.74) is 0. The van der Waals surface area contributed by atoms with Crippen molar-refractivity contribution in [1.82, 2.24) is 10.6 Å². The van der Waals surface area contributed by atoms with Crippen molar-refractivity contribution < 1.29 is 9.53 Å². The minimum absolute atomic E-state index is 0.0319. The molecule has 1 aromatic rings. The third kappa shape index (κ3) is 3.02. The number of amides is 1. The van der Waals surface area contributed by atoms with Gasteiger partial charge in [-0.25, -0.2) is 0 Å². The number of rotatable bonds is 3. The fourth-order valence-corrected chi connectivity index (χ4v) is 2.08. The zero-order valence-corrected chi connectivity index (χ0v) is 9.18. The Balaban J connectivity index is 1.76. The van der Waals surface area contributed by atoms with Gasteiger partial charge < -0.3 is 15.4 Å². The molecule has 2 N–H and O–H groups in total. The van der Waals surface area contributed by atoms with Crippen LogP contribution in [0.4, 0.5) is 0 Å². The van der Waals surface area contributed by atoms with Gasteiger partial charge in [-0.3, -0.25) is 4.79 Å². The molecule has 2 rings (SSSR count). The second kappa shape index (κ2) is 5.25. The highest BCUT2D eigenvalue weighted by molar-refractivity contribution is 7.09. The molecule has 0 aliphatic carbocycles. The fourth-order valence-electron chi connectivity index (χ4n) is 1.44. The zero-order chi connectivity index (χ0) is 10.5. The lowest BCUT2D eigenvalue weighted by Gasteiger charge is -2.22. The lowest BCUT2D eigenvalue weighted by molar-refractivity contribution is -0.134. The molecule has 0 saturated carbocycles. The molecule has 1 aliphatic rings. The van der Waals surface area contributed by atoms with Crippen molar-refractivity contribution in [3.63, 3.8) is 0 Å². The highest BCUT2D eigenvalue weighted by Gasteiger charge is 2.21. The van der Waals surface area contributed by atoms with Gasteiger partial charge in [0.15, 0.2) is 0 Å². The molecular formula is C10H14N2O2S. The van der Waals surface area contributed by atoms with Crippen molar-refractivity contribution in [1.29, 1.82) is 0 Å². The molecule has 1 fully saturated rings. The first-order valence-corrected chi connectivity index (χ1v) is 5.86. The lowest BCUT2D eigenvalue weighted by Crippen LogP contribution is -2.47. The molecule has 0 aromatic carbocycles. The first kappa shape index (κ1) is 10.6. The molecule has 2 heterocycles. The zero-order valence-electron chi connectivity index (χ0n) is 8.36. The topological polar surface area (TPSA) is 50.4 Å². The van der Waals surface area contributed by atoms with Crippen LogP contribution < -0.4 is 10.6 Å². The van der Waals surface area contributed by atoms with Crippen LogP contribution in [0.3, 0.4) is 0 Å². The molecule has 1 atom stereocenters. The Labute approximate surface area is 92.6 Å². The normalized spacial score (nSPS) is 21.2.